The Kier molecular flexibility index (Phi) is 4.15. The van der Waals surface area contributed by atoms with Gasteiger partial charge in [0, 0.05) is 16.0 Å². The normalized spacial score (nSPS) is 12.4. The van der Waals surface area contributed by atoms with Crippen LogP contribution in [0.4, 0.5) is 10.4 Å². The van der Waals surface area contributed by atoms with Gasteiger partial charge in [-0.25, -0.2) is 4.39 Å². The van der Waals surface area contributed by atoms with Crippen molar-refractivity contribution in [3.05, 3.63) is 63.1 Å². The summed E-state index contributed by atoms with van der Waals surface area (Å²) in [6.07, 6.45) is 3.03. The van der Waals surface area contributed by atoms with Crippen molar-refractivity contribution >= 4 is 28.5 Å². The summed E-state index contributed by atoms with van der Waals surface area (Å²) in [7, 11) is 0. The number of H-pyrrole nitrogens is 1. The van der Waals surface area contributed by atoms with Crippen LogP contribution in [0.5, 0.6) is 0 Å². The minimum atomic E-state index is -0.581. The van der Waals surface area contributed by atoms with E-state index in [0.29, 0.717) is 16.8 Å². The molecule has 0 amide bonds. The maximum absolute atomic E-state index is 14.0. The van der Waals surface area contributed by atoms with Crippen molar-refractivity contribution in [1.82, 2.24) is 25.0 Å². The van der Waals surface area contributed by atoms with Gasteiger partial charge in [-0.3, -0.25) is 4.79 Å². The van der Waals surface area contributed by atoms with Gasteiger partial charge in [0.05, 0.1) is 23.4 Å². The van der Waals surface area contributed by atoms with Crippen molar-refractivity contribution in [1.29, 1.82) is 0 Å². The van der Waals surface area contributed by atoms with Crippen LogP contribution in [0.25, 0.3) is 16.7 Å². The average Bonchev–Trinajstić information content (AvgIpc) is 3.23. The zero-order valence-corrected chi connectivity index (χ0v) is 15.1. The van der Waals surface area contributed by atoms with E-state index in [2.05, 4.69) is 25.6 Å². The molecule has 0 aliphatic rings. The van der Waals surface area contributed by atoms with Gasteiger partial charge in [-0.15, -0.1) is 5.10 Å². The number of nitrogens with one attached hydrogen (secondary N) is 2. The lowest BCUT2D eigenvalue weighted by atomic mass is 10.1. The molecule has 2 N–H and O–H groups in total. The molecule has 0 spiro atoms. The van der Waals surface area contributed by atoms with E-state index in [9.17, 15) is 9.18 Å². The van der Waals surface area contributed by atoms with E-state index >= 15 is 0 Å². The highest BCUT2D eigenvalue weighted by atomic mass is 35.5. The lowest BCUT2D eigenvalue weighted by Gasteiger charge is -2.12. The smallest absolute Gasteiger partial charge is 0.297 e. The summed E-state index contributed by atoms with van der Waals surface area (Å²) < 4.78 is 20.9. The fourth-order valence-corrected chi connectivity index (χ4v) is 3.00. The number of pyridine rings is 1. The van der Waals surface area contributed by atoms with E-state index in [1.165, 1.54) is 10.9 Å². The molecular weight excluding hydrogens is 375 g/mol. The predicted octanol–water partition coefficient (Wildman–Crippen LogP) is 3.37. The number of aromatic nitrogens is 5. The first-order valence-electron chi connectivity index (χ1n) is 8.04. The number of hydrogen-bond acceptors (Lipinski definition) is 6. The first-order chi connectivity index (χ1) is 12.9. The zero-order valence-electron chi connectivity index (χ0n) is 14.3. The highest BCUT2D eigenvalue weighted by Gasteiger charge is 2.16. The molecule has 0 bridgehead atoms. The lowest BCUT2D eigenvalue weighted by molar-refractivity contribution is 0.561. The maximum Gasteiger partial charge on any atom is 0.297 e. The number of halogens is 2. The lowest BCUT2D eigenvalue weighted by Crippen LogP contribution is -2.20. The Labute approximate surface area is 157 Å². The number of aryl methyl sites for hydroxylation is 1. The Morgan fingerprint density at radius 3 is 2.93 bits per heavy atom. The van der Waals surface area contributed by atoms with Crippen molar-refractivity contribution in [2.24, 2.45) is 0 Å². The molecule has 3 aromatic heterocycles. The van der Waals surface area contributed by atoms with Gasteiger partial charge in [-0.2, -0.15) is 9.67 Å². The van der Waals surface area contributed by atoms with Crippen LogP contribution in [0.1, 0.15) is 24.2 Å². The Morgan fingerprint density at radius 1 is 1.37 bits per heavy atom. The summed E-state index contributed by atoms with van der Waals surface area (Å²) in [5, 5.41) is 11.5. The molecule has 0 unspecified atom stereocenters. The molecule has 0 aliphatic heterocycles. The van der Waals surface area contributed by atoms with Crippen LogP contribution in [-0.4, -0.2) is 25.0 Å². The van der Waals surface area contributed by atoms with E-state index in [4.69, 9.17) is 16.0 Å². The largest absolute Gasteiger partial charge is 0.430 e. The third-order valence-electron chi connectivity index (χ3n) is 4.13. The first kappa shape index (κ1) is 17.2. The Balaban J connectivity index is 1.64. The Morgan fingerprint density at radius 2 is 2.19 bits per heavy atom. The molecule has 0 radical (unpaired) electrons. The number of anilines is 1. The van der Waals surface area contributed by atoms with Crippen molar-refractivity contribution < 1.29 is 8.81 Å². The summed E-state index contributed by atoms with van der Waals surface area (Å²) >= 11 is 5.90. The summed E-state index contributed by atoms with van der Waals surface area (Å²) in [5.41, 5.74) is 0.886. The van der Waals surface area contributed by atoms with E-state index < -0.39 is 17.4 Å². The molecule has 27 heavy (non-hydrogen) atoms. The van der Waals surface area contributed by atoms with Crippen LogP contribution in [-0.2, 0) is 0 Å². The first-order valence-corrected chi connectivity index (χ1v) is 8.42. The predicted molar refractivity (Wildman–Crippen MR) is 97.7 cm³/mol. The number of hydrogen-bond donors (Lipinski definition) is 2. The summed E-state index contributed by atoms with van der Waals surface area (Å²) in [5.74, 6) is -0.122. The topological polar surface area (TPSA) is 102 Å². The molecule has 4 rings (SSSR count). The molecule has 1 atom stereocenters. The molecule has 10 heteroatoms. The number of rotatable bonds is 4. The number of oxazole rings is 1. The van der Waals surface area contributed by atoms with Crippen LogP contribution >= 0.6 is 11.6 Å². The van der Waals surface area contributed by atoms with Gasteiger partial charge in [0.25, 0.3) is 11.6 Å². The van der Waals surface area contributed by atoms with E-state index in [1.54, 1.807) is 25.3 Å². The standard InChI is InChI=1S/C17H14ClFN6O2/c1-8-6-20-24-25(8)14-7-27-17(22-14)21-9(2)12-4-10-3-11(18)5-13(19)15(10)23-16(12)26/h3-7,9H,1-2H3,(H,21,22)(H,23,26)/t9-/m0/s1. The van der Waals surface area contributed by atoms with E-state index in [0.717, 1.165) is 11.8 Å². The zero-order chi connectivity index (χ0) is 19.1. The number of aromatic amines is 1. The number of fused-ring (bicyclic) bond motifs is 1. The number of benzene rings is 1. The van der Waals surface area contributed by atoms with Crippen molar-refractivity contribution in [2.45, 2.75) is 19.9 Å². The average molecular weight is 389 g/mol. The maximum atomic E-state index is 14.0. The third kappa shape index (κ3) is 3.17. The van der Waals surface area contributed by atoms with Crippen LogP contribution in [0, 0.1) is 12.7 Å². The fourth-order valence-electron chi connectivity index (χ4n) is 2.78. The van der Waals surface area contributed by atoms with E-state index in [1.807, 2.05) is 6.92 Å². The molecule has 0 aliphatic carbocycles. The molecule has 138 valence electrons. The Hall–Kier alpha value is -3.20. The van der Waals surface area contributed by atoms with Gasteiger partial charge in [0.2, 0.25) is 0 Å². The monoisotopic (exact) mass is 388 g/mol. The van der Waals surface area contributed by atoms with Gasteiger partial charge in [0.1, 0.15) is 12.1 Å². The summed E-state index contributed by atoms with van der Waals surface area (Å²) in [6.45, 7) is 3.60. The molecular formula is C17H14ClFN6O2. The van der Waals surface area contributed by atoms with Gasteiger partial charge < -0.3 is 14.7 Å². The van der Waals surface area contributed by atoms with Crippen LogP contribution in [0.2, 0.25) is 5.02 Å². The molecule has 1 aromatic carbocycles. The molecule has 8 nitrogen and oxygen atoms in total. The summed E-state index contributed by atoms with van der Waals surface area (Å²) in [4.78, 5) is 19.2. The third-order valence-corrected chi connectivity index (χ3v) is 4.35. The molecule has 4 aromatic rings. The van der Waals surface area contributed by atoms with Crippen molar-refractivity contribution in [3.63, 3.8) is 0 Å². The van der Waals surface area contributed by atoms with Crippen molar-refractivity contribution in [2.75, 3.05) is 5.32 Å². The molecule has 0 saturated heterocycles. The van der Waals surface area contributed by atoms with E-state index in [-0.39, 0.29) is 16.6 Å². The van der Waals surface area contributed by atoms with Crippen LogP contribution in [0.15, 0.2) is 39.9 Å². The van der Waals surface area contributed by atoms with Gasteiger partial charge >= 0.3 is 0 Å². The second kappa shape index (κ2) is 6.51. The SMILES string of the molecule is Cc1cnnn1-c1coc(N[C@@H](C)c2cc3cc(Cl)cc(F)c3[nH]c2=O)n1. The van der Waals surface area contributed by atoms with Gasteiger partial charge in [0.15, 0.2) is 5.82 Å². The van der Waals surface area contributed by atoms with Gasteiger partial charge in [-0.05, 0) is 32.0 Å². The quantitative estimate of drug-likeness (QED) is 0.555. The Bertz CT molecular complexity index is 1200. The highest BCUT2D eigenvalue weighted by molar-refractivity contribution is 6.31. The highest BCUT2D eigenvalue weighted by Crippen LogP contribution is 2.24. The van der Waals surface area contributed by atoms with Crippen LogP contribution < -0.4 is 10.9 Å². The summed E-state index contributed by atoms with van der Waals surface area (Å²) in [6, 6.07) is 4.09. The molecule has 0 fully saturated rings. The van der Waals surface area contributed by atoms with Crippen LogP contribution in [0.3, 0.4) is 0 Å². The second-order valence-corrected chi connectivity index (χ2v) is 6.51. The second-order valence-electron chi connectivity index (χ2n) is 6.07. The van der Waals surface area contributed by atoms with Crippen molar-refractivity contribution in [3.8, 4) is 5.82 Å². The number of nitrogens with zero attached hydrogens (tertiary/aromatic N) is 4. The fraction of sp³-hybridized carbons (Fsp3) is 0.176. The van der Waals surface area contributed by atoms with Gasteiger partial charge in [-0.1, -0.05) is 16.8 Å². The molecule has 3 heterocycles. The minimum absolute atomic E-state index is 0.111. The minimum Gasteiger partial charge on any atom is -0.430 e. The molecule has 0 saturated carbocycles.